The predicted octanol–water partition coefficient (Wildman–Crippen LogP) is 3.27. The molecule has 4 fully saturated rings. The number of rotatable bonds is 2. The maximum atomic E-state index is 12.2. The van der Waals surface area contributed by atoms with Gasteiger partial charge in [0.1, 0.15) is 6.61 Å². The van der Waals surface area contributed by atoms with E-state index < -0.39 is 11.6 Å². The maximum absolute atomic E-state index is 12.2. The average molecular weight is 430 g/mol. The second kappa shape index (κ2) is 7.06. The summed E-state index contributed by atoms with van der Waals surface area (Å²) in [7, 11) is 0. The van der Waals surface area contributed by atoms with Gasteiger partial charge in [-0.3, -0.25) is 0 Å². The van der Waals surface area contributed by atoms with E-state index in [-0.39, 0.29) is 22.7 Å². The Bertz CT molecular complexity index is 869. The van der Waals surface area contributed by atoms with Gasteiger partial charge in [-0.1, -0.05) is 13.8 Å². The smallest absolute Gasteiger partial charge is 0.332 e. The number of nitrogens with two attached hydrogens (primary N) is 1. The second-order valence-corrected chi connectivity index (χ2v) is 11.1. The van der Waals surface area contributed by atoms with Crippen molar-refractivity contribution in [3.8, 4) is 0 Å². The van der Waals surface area contributed by atoms with Crippen molar-refractivity contribution in [3.63, 3.8) is 0 Å². The number of fused-ring (bicyclic) bond motifs is 5. The van der Waals surface area contributed by atoms with Crippen molar-refractivity contribution in [2.45, 2.75) is 77.2 Å². The molecule has 0 saturated heterocycles. The van der Waals surface area contributed by atoms with Crippen LogP contribution in [0.3, 0.4) is 0 Å². The normalized spacial score (nSPS) is 47.8. The molecule has 31 heavy (non-hydrogen) atoms. The third-order valence-electron chi connectivity index (χ3n) is 10.1. The third kappa shape index (κ3) is 2.99. The molecule has 5 rings (SSSR count). The lowest BCUT2D eigenvalue weighted by Crippen LogP contribution is -2.62. The Morgan fingerprint density at radius 2 is 2.00 bits per heavy atom. The Morgan fingerprint density at radius 1 is 1.19 bits per heavy atom. The topological polar surface area (TPSA) is 114 Å². The number of hydrazone groups is 1. The van der Waals surface area contributed by atoms with Crippen LogP contribution < -0.4 is 11.2 Å². The Balaban J connectivity index is 1.39. The van der Waals surface area contributed by atoms with Crippen LogP contribution >= 0.6 is 0 Å². The molecule has 0 bridgehead atoms. The minimum atomic E-state index is -0.678. The number of urea groups is 1. The number of esters is 1. The molecule has 0 aromatic heterocycles. The van der Waals surface area contributed by atoms with Crippen LogP contribution in [-0.4, -0.2) is 35.0 Å². The van der Waals surface area contributed by atoms with E-state index in [4.69, 9.17) is 10.5 Å². The molecular formula is C24H35N3O4. The molecule has 170 valence electrons. The van der Waals surface area contributed by atoms with Crippen LogP contribution in [0.4, 0.5) is 4.79 Å². The van der Waals surface area contributed by atoms with Gasteiger partial charge >= 0.3 is 12.0 Å². The first kappa shape index (κ1) is 21.0. The highest BCUT2D eigenvalue weighted by molar-refractivity contribution is 5.87. The number of hydrogen-bond donors (Lipinski definition) is 3. The molecule has 0 radical (unpaired) electrons. The van der Waals surface area contributed by atoms with E-state index in [9.17, 15) is 14.7 Å². The van der Waals surface area contributed by atoms with Crippen molar-refractivity contribution < 1.29 is 19.4 Å². The van der Waals surface area contributed by atoms with E-state index in [1.54, 1.807) is 6.08 Å². The molecule has 4 N–H and O–H groups in total. The monoisotopic (exact) mass is 429 g/mol. The molecule has 0 aromatic carbocycles. The molecule has 0 aromatic rings. The van der Waals surface area contributed by atoms with Gasteiger partial charge < -0.3 is 15.6 Å². The lowest BCUT2D eigenvalue weighted by Gasteiger charge is -2.63. The minimum Gasteiger partial charge on any atom is -0.458 e. The zero-order valence-corrected chi connectivity index (χ0v) is 18.7. The van der Waals surface area contributed by atoms with Crippen LogP contribution in [0.5, 0.6) is 0 Å². The predicted molar refractivity (Wildman–Crippen MR) is 116 cm³/mol. The zero-order valence-electron chi connectivity index (χ0n) is 18.7. The third-order valence-corrected chi connectivity index (χ3v) is 10.1. The van der Waals surface area contributed by atoms with Crippen LogP contribution in [-0.2, 0) is 9.53 Å². The quantitative estimate of drug-likeness (QED) is 0.462. The molecule has 7 nitrogen and oxygen atoms in total. The van der Waals surface area contributed by atoms with Gasteiger partial charge in [-0.05, 0) is 92.4 Å². The number of nitrogens with zero attached hydrogens (tertiary/aromatic N) is 1. The van der Waals surface area contributed by atoms with Crippen molar-refractivity contribution in [2.75, 3.05) is 6.61 Å². The number of aliphatic hydroxyl groups is 1. The summed E-state index contributed by atoms with van der Waals surface area (Å²) in [4.78, 5) is 22.7. The fourth-order valence-electron chi connectivity index (χ4n) is 8.45. The first-order valence-corrected chi connectivity index (χ1v) is 11.9. The fourth-order valence-corrected chi connectivity index (χ4v) is 8.45. The molecular weight excluding hydrogens is 394 g/mol. The van der Waals surface area contributed by atoms with Crippen LogP contribution in [0.2, 0.25) is 0 Å². The number of primary amides is 1. The van der Waals surface area contributed by atoms with Crippen LogP contribution in [0.25, 0.3) is 0 Å². The lowest BCUT2D eigenvalue weighted by molar-refractivity contribution is -0.200. The number of amides is 2. The van der Waals surface area contributed by atoms with Gasteiger partial charge in [-0.2, -0.15) is 5.10 Å². The molecule has 0 spiro atoms. The SMILES string of the molecule is C[C@]12CCC(=NNC(N)=O)C[C@H]1CC[C@H]1[C@@H]2CC[C@]2(C)[C@@H](C3=CC(=O)OC3)CC[C@]12O. The van der Waals surface area contributed by atoms with Gasteiger partial charge in [0, 0.05) is 17.2 Å². The second-order valence-electron chi connectivity index (χ2n) is 11.1. The largest absolute Gasteiger partial charge is 0.458 e. The van der Waals surface area contributed by atoms with E-state index in [1.165, 1.54) is 0 Å². The lowest BCUT2D eigenvalue weighted by atomic mass is 9.43. The summed E-state index contributed by atoms with van der Waals surface area (Å²) in [6.45, 7) is 5.09. The van der Waals surface area contributed by atoms with Gasteiger partial charge in [0.25, 0.3) is 0 Å². The van der Waals surface area contributed by atoms with Crippen LogP contribution in [0.1, 0.15) is 71.6 Å². The van der Waals surface area contributed by atoms with E-state index >= 15 is 0 Å². The Hall–Kier alpha value is -1.89. The van der Waals surface area contributed by atoms with Crippen LogP contribution in [0, 0.1) is 34.5 Å². The molecule has 1 heterocycles. The van der Waals surface area contributed by atoms with Crippen molar-refractivity contribution >= 4 is 17.7 Å². The number of carbonyl (C=O) groups is 2. The summed E-state index contributed by atoms with van der Waals surface area (Å²) >= 11 is 0. The summed E-state index contributed by atoms with van der Waals surface area (Å²) in [5.41, 5.74) is 9.03. The molecule has 7 atom stereocenters. The van der Waals surface area contributed by atoms with Gasteiger partial charge in [-0.25, -0.2) is 15.0 Å². The van der Waals surface area contributed by atoms with Gasteiger partial charge in [0.05, 0.1) is 5.60 Å². The fraction of sp³-hybridized carbons (Fsp3) is 0.792. The molecule has 7 heteroatoms. The summed E-state index contributed by atoms with van der Waals surface area (Å²) in [6, 6.07) is -0.612. The number of ether oxygens (including phenoxy) is 1. The maximum Gasteiger partial charge on any atom is 0.332 e. The van der Waals surface area contributed by atoms with E-state index in [0.717, 1.165) is 69.1 Å². The number of nitrogens with one attached hydrogen (secondary N) is 1. The van der Waals surface area contributed by atoms with E-state index in [0.29, 0.717) is 24.4 Å². The summed E-state index contributed by atoms with van der Waals surface area (Å²) < 4.78 is 5.22. The highest BCUT2D eigenvalue weighted by Gasteiger charge is 2.67. The number of cyclic esters (lactones) is 1. The molecule has 5 aliphatic rings. The van der Waals surface area contributed by atoms with Gasteiger partial charge in [0.2, 0.25) is 0 Å². The standard InChI is InChI=1S/C24H35N3O4/c1-22-8-5-16(26-27-21(25)29)12-15(22)3-4-19-18(22)6-9-23(2)17(7-10-24(19,23)30)14-11-20(28)31-13-14/h11,15,17-19,30H,3-10,12-13H2,1-2H3,(H3,25,27,29)/t15-,17-,18+,19+,22+,23-,24+/m1/s1. The zero-order chi connectivity index (χ0) is 22.0. The number of hydrogen-bond acceptors (Lipinski definition) is 5. The van der Waals surface area contributed by atoms with Crippen molar-refractivity contribution in [3.05, 3.63) is 11.6 Å². The van der Waals surface area contributed by atoms with Crippen molar-refractivity contribution in [1.29, 1.82) is 0 Å². The molecule has 0 unspecified atom stereocenters. The Kier molecular flexibility index (Phi) is 4.78. The van der Waals surface area contributed by atoms with Gasteiger partial charge in [0.15, 0.2) is 0 Å². The Labute approximate surface area is 183 Å². The highest BCUT2D eigenvalue weighted by Crippen LogP contribution is 2.69. The summed E-state index contributed by atoms with van der Waals surface area (Å²) in [5.74, 6) is 1.34. The molecule has 2 amide bonds. The van der Waals surface area contributed by atoms with Crippen LogP contribution in [0.15, 0.2) is 16.8 Å². The van der Waals surface area contributed by atoms with E-state index in [1.807, 2.05) is 0 Å². The summed E-state index contributed by atoms with van der Waals surface area (Å²) in [5, 5.41) is 16.5. The first-order valence-electron chi connectivity index (χ1n) is 11.9. The Morgan fingerprint density at radius 3 is 2.71 bits per heavy atom. The molecule has 1 aliphatic heterocycles. The summed E-state index contributed by atoms with van der Waals surface area (Å²) in [6.07, 6.45) is 10.5. The minimum absolute atomic E-state index is 0.190. The number of carbonyl (C=O) groups excluding carboxylic acids is 2. The van der Waals surface area contributed by atoms with Crippen molar-refractivity contribution in [2.24, 2.45) is 45.3 Å². The van der Waals surface area contributed by atoms with Crippen molar-refractivity contribution in [1.82, 2.24) is 5.43 Å². The van der Waals surface area contributed by atoms with Gasteiger partial charge in [-0.15, -0.1) is 0 Å². The highest BCUT2D eigenvalue weighted by atomic mass is 16.5. The average Bonchev–Trinajstić information content (AvgIpc) is 3.26. The molecule has 4 aliphatic carbocycles. The van der Waals surface area contributed by atoms with E-state index in [2.05, 4.69) is 24.4 Å². The molecule has 4 saturated carbocycles. The first-order chi connectivity index (χ1) is 14.7.